The van der Waals surface area contributed by atoms with Crippen LogP contribution in [0.25, 0.3) is 5.82 Å². The summed E-state index contributed by atoms with van der Waals surface area (Å²) in [6, 6.07) is 3.57. The third-order valence-corrected chi connectivity index (χ3v) is 5.96. The molecule has 2 aromatic heterocycles. The van der Waals surface area contributed by atoms with E-state index in [9.17, 15) is 9.59 Å². The number of nitrogens with zero attached hydrogens (tertiary/aromatic N) is 3. The normalized spacial score (nSPS) is 20.2. The molecule has 1 atom stereocenters. The lowest BCUT2D eigenvalue weighted by atomic mass is 9.75. The van der Waals surface area contributed by atoms with E-state index in [4.69, 9.17) is 9.84 Å². The van der Waals surface area contributed by atoms with Crippen LogP contribution in [0.1, 0.15) is 79.1 Å². The molecular formula is C24H32N4O3. The standard InChI is InChI=1S/C24H32N4O3/c1-15(2)10-18-22-19(11-24(3,4)12-20(22)29)28(27-18)21-8-7-16(13-25-21)23(30)26-14-17-6-5-9-31-17/h7-8,13,15,17H,5-6,9-12,14H2,1-4H3,(H,26,30). The van der Waals surface area contributed by atoms with Crippen LogP contribution in [0.4, 0.5) is 0 Å². The van der Waals surface area contributed by atoms with E-state index in [0.29, 0.717) is 30.3 Å². The lowest BCUT2D eigenvalue weighted by Gasteiger charge is -2.29. The number of pyridine rings is 1. The number of rotatable bonds is 6. The summed E-state index contributed by atoms with van der Waals surface area (Å²) < 4.78 is 7.36. The number of carbonyl (C=O) groups excluding carboxylic acids is 2. The summed E-state index contributed by atoms with van der Waals surface area (Å²) in [5, 5.41) is 7.72. The number of ether oxygens (including phenoxy) is 1. The number of hydrogen-bond acceptors (Lipinski definition) is 5. The average molecular weight is 425 g/mol. The van der Waals surface area contributed by atoms with Crippen LogP contribution < -0.4 is 5.32 Å². The Morgan fingerprint density at radius 1 is 1.32 bits per heavy atom. The Kier molecular flexibility index (Phi) is 5.97. The van der Waals surface area contributed by atoms with E-state index in [1.165, 1.54) is 0 Å². The van der Waals surface area contributed by atoms with Gasteiger partial charge in [0.15, 0.2) is 11.6 Å². The second kappa shape index (κ2) is 8.54. The van der Waals surface area contributed by atoms with E-state index in [2.05, 4.69) is 38.0 Å². The van der Waals surface area contributed by atoms with Crippen LogP contribution in [-0.2, 0) is 17.6 Å². The van der Waals surface area contributed by atoms with Gasteiger partial charge in [-0.1, -0.05) is 27.7 Å². The highest BCUT2D eigenvalue weighted by Crippen LogP contribution is 2.37. The topological polar surface area (TPSA) is 86.1 Å². The van der Waals surface area contributed by atoms with Crippen LogP contribution >= 0.6 is 0 Å². The summed E-state index contributed by atoms with van der Waals surface area (Å²) in [6.07, 6.45) is 5.77. The molecule has 1 aliphatic heterocycles. The number of fused-ring (bicyclic) bond motifs is 1. The SMILES string of the molecule is CC(C)Cc1nn(-c2ccc(C(=O)NCC3CCCO3)cn2)c2c1C(=O)CC(C)(C)C2. The maximum absolute atomic E-state index is 12.9. The molecule has 0 spiro atoms. The number of ketones is 1. The highest BCUT2D eigenvalue weighted by molar-refractivity contribution is 6.00. The maximum atomic E-state index is 12.9. The van der Waals surface area contributed by atoms with Gasteiger partial charge >= 0.3 is 0 Å². The van der Waals surface area contributed by atoms with E-state index in [1.807, 2.05) is 0 Å². The largest absolute Gasteiger partial charge is 0.376 e. The fourth-order valence-corrected chi connectivity index (χ4v) is 4.51. The molecule has 1 fully saturated rings. The van der Waals surface area contributed by atoms with E-state index >= 15 is 0 Å². The summed E-state index contributed by atoms with van der Waals surface area (Å²) >= 11 is 0. The van der Waals surface area contributed by atoms with Crippen molar-refractivity contribution >= 4 is 11.7 Å². The summed E-state index contributed by atoms with van der Waals surface area (Å²) in [7, 11) is 0. The Bertz CT molecular complexity index is 969. The second-order valence-electron chi connectivity index (χ2n) is 9.97. The molecule has 4 rings (SSSR count). The van der Waals surface area contributed by atoms with Gasteiger partial charge in [0.25, 0.3) is 5.91 Å². The Balaban J connectivity index is 1.59. The number of nitrogens with one attached hydrogen (secondary N) is 1. The number of hydrogen-bond donors (Lipinski definition) is 1. The molecule has 0 radical (unpaired) electrons. The average Bonchev–Trinajstić information content (AvgIpc) is 3.33. The summed E-state index contributed by atoms with van der Waals surface area (Å²) in [5.74, 6) is 1.04. The minimum atomic E-state index is -0.158. The Morgan fingerprint density at radius 3 is 2.77 bits per heavy atom. The molecule has 2 aromatic rings. The van der Waals surface area contributed by atoms with Crippen LogP contribution in [0.2, 0.25) is 0 Å². The molecule has 31 heavy (non-hydrogen) atoms. The summed E-state index contributed by atoms with van der Waals surface area (Å²) in [4.78, 5) is 29.9. The van der Waals surface area contributed by atoms with Gasteiger partial charge in [-0.3, -0.25) is 9.59 Å². The molecule has 7 heteroatoms. The quantitative estimate of drug-likeness (QED) is 0.767. The van der Waals surface area contributed by atoms with Gasteiger partial charge in [-0.15, -0.1) is 0 Å². The molecule has 3 heterocycles. The van der Waals surface area contributed by atoms with Crippen LogP contribution in [0.3, 0.4) is 0 Å². The van der Waals surface area contributed by atoms with Crippen molar-refractivity contribution in [3.63, 3.8) is 0 Å². The van der Waals surface area contributed by atoms with Crippen LogP contribution in [-0.4, -0.2) is 45.7 Å². The molecule has 1 N–H and O–H groups in total. The number of carbonyl (C=O) groups is 2. The molecule has 1 unspecified atom stereocenters. The third kappa shape index (κ3) is 4.71. The highest BCUT2D eigenvalue weighted by Gasteiger charge is 2.36. The van der Waals surface area contributed by atoms with Gasteiger partial charge in [-0.05, 0) is 49.1 Å². The zero-order valence-corrected chi connectivity index (χ0v) is 18.9. The molecular weight excluding hydrogens is 392 g/mol. The van der Waals surface area contributed by atoms with Crippen molar-refractivity contribution in [1.82, 2.24) is 20.1 Å². The first-order chi connectivity index (χ1) is 14.7. The minimum absolute atomic E-state index is 0.104. The monoisotopic (exact) mass is 424 g/mol. The fraction of sp³-hybridized carbons (Fsp3) is 0.583. The first kappa shape index (κ1) is 21.7. The van der Waals surface area contributed by atoms with Crippen molar-refractivity contribution in [2.45, 2.75) is 65.9 Å². The van der Waals surface area contributed by atoms with E-state index in [1.54, 1.807) is 23.0 Å². The zero-order chi connectivity index (χ0) is 22.2. The maximum Gasteiger partial charge on any atom is 0.252 e. The zero-order valence-electron chi connectivity index (χ0n) is 18.9. The van der Waals surface area contributed by atoms with E-state index in [-0.39, 0.29) is 23.2 Å². The predicted octanol–water partition coefficient (Wildman–Crippen LogP) is 3.53. The van der Waals surface area contributed by atoms with E-state index in [0.717, 1.165) is 49.2 Å². The molecule has 0 saturated carbocycles. The number of Topliss-reactive ketones (excluding diaryl/α,β-unsaturated/α-hetero) is 1. The van der Waals surface area contributed by atoms with Gasteiger partial charge in [0.2, 0.25) is 0 Å². The van der Waals surface area contributed by atoms with Gasteiger partial charge in [0.05, 0.1) is 28.6 Å². The van der Waals surface area contributed by atoms with Crippen LogP contribution in [0.5, 0.6) is 0 Å². The van der Waals surface area contributed by atoms with Crippen molar-refractivity contribution in [2.75, 3.05) is 13.2 Å². The molecule has 0 bridgehead atoms. The van der Waals surface area contributed by atoms with Crippen molar-refractivity contribution in [3.8, 4) is 5.82 Å². The predicted molar refractivity (Wildman–Crippen MR) is 118 cm³/mol. The van der Waals surface area contributed by atoms with Gasteiger partial charge in [-0.2, -0.15) is 5.10 Å². The Labute approximate surface area is 183 Å². The van der Waals surface area contributed by atoms with Gasteiger partial charge < -0.3 is 10.1 Å². The Hall–Kier alpha value is -2.54. The van der Waals surface area contributed by atoms with Gasteiger partial charge in [0, 0.05) is 25.8 Å². The Morgan fingerprint density at radius 2 is 2.13 bits per heavy atom. The molecule has 0 aromatic carbocycles. The smallest absolute Gasteiger partial charge is 0.252 e. The summed E-state index contributed by atoms with van der Waals surface area (Å²) in [6.45, 7) is 9.77. The van der Waals surface area contributed by atoms with Crippen LogP contribution in [0, 0.1) is 11.3 Å². The second-order valence-corrected chi connectivity index (χ2v) is 9.97. The minimum Gasteiger partial charge on any atom is -0.376 e. The van der Waals surface area contributed by atoms with Gasteiger partial charge in [0.1, 0.15) is 0 Å². The molecule has 1 amide bonds. The first-order valence-corrected chi connectivity index (χ1v) is 11.2. The number of amides is 1. The van der Waals surface area contributed by atoms with Crippen molar-refractivity contribution in [1.29, 1.82) is 0 Å². The number of aromatic nitrogens is 3. The lowest BCUT2D eigenvalue weighted by Crippen LogP contribution is -2.31. The van der Waals surface area contributed by atoms with E-state index < -0.39 is 0 Å². The van der Waals surface area contributed by atoms with Crippen molar-refractivity contribution < 1.29 is 14.3 Å². The van der Waals surface area contributed by atoms with Crippen molar-refractivity contribution in [2.24, 2.45) is 11.3 Å². The fourth-order valence-electron chi connectivity index (χ4n) is 4.51. The molecule has 1 saturated heterocycles. The molecule has 7 nitrogen and oxygen atoms in total. The highest BCUT2D eigenvalue weighted by atomic mass is 16.5. The third-order valence-electron chi connectivity index (χ3n) is 5.96. The molecule has 166 valence electrons. The van der Waals surface area contributed by atoms with Crippen molar-refractivity contribution in [3.05, 3.63) is 40.8 Å². The van der Waals surface area contributed by atoms with Crippen LogP contribution in [0.15, 0.2) is 18.3 Å². The lowest BCUT2D eigenvalue weighted by molar-refractivity contribution is 0.0857. The molecule has 2 aliphatic rings. The summed E-state index contributed by atoms with van der Waals surface area (Å²) in [5.41, 5.74) is 2.94. The first-order valence-electron chi connectivity index (χ1n) is 11.2. The van der Waals surface area contributed by atoms with Gasteiger partial charge in [-0.25, -0.2) is 9.67 Å². The molecule has 1 aliphatic carbocycles.